The van der Waals surface area contributed by atoms with E-state index in [1.807, 2.05) is 0 Å². The molecule has 0 aromatic rings. The third-order valence-electron chi connectivity index (χ3n) is 1.96. The van der Waals surface area contributed by atoms with Crippen LogP contribution in [0.4, 0.5) is 0 Å². The Morgan fingerprint density at radius 3 is 3.00 bits per heavy atom. The Bertz CT molecular complexity index is 204. The van der Waals surface area contributed by atoms with Crippen molar-refractivity contribution in [3.63, 3.8) is 0 Å². The molecule has 1 rings (SSSR count). The van der Waals surface area contributed by atoms with E-state index < -0.39 is 22.7 Å². The van der Waals surface area contributed by atoms with E-state index in [2.05, 4.69) is 10.6 Å². The minimum absolute atomic E-state index is 0.309. The van der Waals surface area contributed by atoms with Crippen molar-refractivity contribution in [3.8, 4) is 0 Å². The summed E-state index contributed by atoms with van der Waals surface area (Å²) in [6.45, 7) is 1.50. The first-order valence-electron chi connectivity index (χ1n) is 4.24. The van der Waals surface area contributed by atoms with Gasteiger partial charge in [-0.1, -0.05) is 0 Å². The average molecular weight is 205 g/mol. The standard InChI is InChI=1S/C7H14N2O3S/c10-7(5-13(11)12)9-4-6-2-1-3-8-6/h6,8H,1-5H2,(H,9,10)(H,11,12)/p-1. The van der Waals surface area contributed by atoms with Crippen molar-refractivity contribution in [1.29, 1.82) is 0 Å². The molecule has 1 aliphatic rings. The lowest BCUT2D eigenvalue weighted by Gasteiger charge is -2.11. The van der Waals surface area contributed by atoms with Crippen molar-refractivity contribution in [1.82, 2.24) is 10.6 Å². The fourth-order valence-corrected chi connectivity index (χ4v) is 1.64. The maximum Gasteiger partial charge on any atom is 0.231 e. The van der Waals surface area contributed by atoms with Gasteiger partial charge in [0.1, 0.15) is 0 Å². The molecule has 0 aliphatic carbocycles. The topological polar surface area (TPSA) is 81.3 Å². The van der Waals surface area contributed by atoms with Crippen LogP contribution >= 0.6 is 0 Å². The molecule has 1 aliphatic heterocycles. The molecule has 1 heterocycles. The summed E-state index contributed by atoms with van der Waals surface area (Å²) >= 11 is -2.28. The van der Waals surface area contributed by atoms with Gasteiger partial charge in [-0.2, -0.15) is 0 Å². The van der Waals surface area contributed by atoms with Crippen LogP contribution in [0, 0.1) is 0 Å². The summed E-state index contributed by atoms with van der Waals surface area (Å²) < 4.78 is 20.3. The first-order valence-corrected chi connectivity index (χ1v) is 5.49. The van der Waals surface area contributed by atoms with Crippen molar-refractivity contribution in [2.45, 2.75) is 18.9 Å². The zero-order chi connectivity index (χ0) is 9.68. The smallest absolute Gasteiger partial charge is 0.231 e. The zero-order valence-electron chi connectivity index (χ0n) is 7.25. The van der Waals surface area contributed by atoms with Gasteiger partial charge in [0, 0.05) is 12.6 Å². The molecule has 0 aromatic carbocycles. The van der Waals surface area contributed by atoms with Crippen molar-refractivity contribution >= 4 is 17.0 Å². The summed E-state index contributed by atoms with van der Waals surface area (Å²) in [7, 11) is 0. The molecule has 76 valence electrons. The van der Waals surface area contributed by atoms with Crippen molar-refractivity contribution in [2.24, 2.45) is 0 Å². The largest absolute Gasteiger partial charge is 0.772 e. The highest BCUT2D eigenvalue weighted by Crippen LogP contribution is 2.02. The number of hydrogen-bond donors (Lipinski definition) is 2. The summed E-state index contributed by atoms with van der Waals surface area (Å²) in [5.74, 6) is -0.866. The summed E-state index contributed by atoms with van der Waals surface area (Å²) in [4.78, 5) is 10.9. The molecule has 5 nitrogen and oxygen atoms in total. The lowest BCUT2D eigenvalue weighted by molar-refractivity contribution is -0.118. The Morgan fingerprint density at radius 2 is 2.46 bits per heavy atom. The lowest BCUT2D eigenvalue weighted by atomic mass is 10.2. The van der Waals surface area contributed by atoms with Crippen LogP contribution in [0.15, 0.2) is 0 Å². The summed E-state index contributed by atoms with van der Waals surface area (Å²) in [5, 5.41) is 5.76. The predicted octanol–water partition coefficient (Wildman–Crippen LogP) is -1.27. The zero-order valence-corrected chi connectivity index (χ0v) is 8.06. The summed E-state index contributed by atoms with van der Waals surface area (Å²) in [5.41, 5.74) is 0. The van der Waals surface area contributed by atoms with Gasteiger partial charge in [-0.05, 0) is 30.5 Å². The Labute approximate surface area is 79.6 Å². The summed E-state index contributed by atoms with van der Waals surface area (Å²) in [6.07, 6.45) is 2.16. The molecule has 0 spiro atoms. The second kappa shape index (κ2) is 5.31. The molecule has 2 N–H and O–H groups in total. The van der Waals surface area contributed by atoms with Gasteiger partial charge in [0.15, 0.2) is 0 Å². The highest BCUT2D eigenvalue weighted by atomic mass is 32.2. The second-order valence-electron chi connectivity index (χ2n) is 3.05. The number of carbonyl (C=O) groups is 1. The van der Waals surface area contributed by atoms with E-state index in [9.17, 15) is 13.6 Å². The fraction of sp³-hybridized carbons (Fsp3) is 0.857. The molecule has 0 saturated carbocycles. The molecule has 0 bridgehead atoms. The van der Waals surface area contributed by atoms with Gasteiger partial charge in [-0.3, -0.25) is 9.00 Å². The number of rotatable bonds is 4. The number of nitrogens with one attached hydrogen (secondary N) is 2. The van der Waals surface area contributed by atoms with Crippen LogP contribution in [0.2, 0.25) is 0 Å². The third kappa shape index (κ3) is 4.35. The van der Waals surface area contributed by atoms with E-state index in [0.717, 1.165) is 19.4 Å². The maximum atomic E-state index is 10.9. The number of hydrogen-bond acceptors (Lipinski definition) is 4. The van der Waals surface area contributed by atoms with Gasteiger partial charge in [-0.25, -0.2) is 0 Å². The molecule has 1 fully saturated rings. The number of amides is 1. The van der Waals surface area contributed by atoms with E-state index >= 15 is 0 Å². The Kier molecular flexibility index (Phi) is 4.34. The fourth-order valence-electron chi connectivity index (χ4n) is 1.33. The van der Waals surface area contributed by atoms with Crippen molar-refractivity contribution < 1.29 is 13.6 Å². The van der Waals surface area contributed by atoms with Gasteiger partial charge >= 0.3 is 0 Å². The van der Waals surface area contributed by atoms with E-state index in [1.54, 1.807) is 0 Å². The lowest BCUT2D eigenvalue weighted by Crippen LogP contribution is -2.38. The quantitative estimate of drug-likeness (QED) is 0.561. The van der Waals surface area contributed by atoms with Crippen LogP contribution in [-0.2, 0) is 15.9 Å². The van der Waals surface area contributed by atoms with Crippen LogP contribution in [0.25, 0.3) is 0 Å². The Balaban J connectivity index is 2.10. The summed E-state index contributed by atoms with van der Waals surface area (Å²) in [6, 6.07) is 0.309. The number of carbonyl (C=O) groups excluding carboxylic acids is 1. The SMILES string of the molecule is O=C(CS(=O)[O-])NCC1CCCN1. The van der Waals surface area contributed by atoms with Crippen LogP contribution in [0.5, 0.6) is 0 Å². The Morgan fingerprint density at radius 1 is 1.69 bits per heavy atom. The van der Waals surface area contributed by atoms with Gasteiger partial charge in [-0.15, -0.1) is 0 Å². The van der Waals surface area contributed by atoms with Gasteiger partial charge < -0.3 is 15.2 Å². The highest BCUT2D eigenvalue weighted by Gasteiger charge is 2.14. The average Bonchev–Trinajstić information content (AvgIpc) is 2.51. The van der Waals surface area contributed by atoms with E-state index in [-0.39, 0.29) is 0 Å². The normalized spacial score (nSPS) is 24.2. The van der Waals surface area contributed by atoms with E-state index in [1.165, 1.54) is 0 Å². The molecule has 1 amide bonds. The molecule has 13 heavy (non-hydrogen) atoms. The molecule has 2 atom stereocenters. The third-order valence-corrected chi connectivity index (χ3v) is 2.45. The molecule has 6 heteroatoms. The minimum atomic E-state index is -2.28. The molecular formula is C7H13N2O3S-. The molecular weight excluding hydrogens is 192 g/mol. The molecule has 2 unspecified atom stereocenters. The van der Waals surface area contributed by atoms with E-state index in [0.29, 0.717) is 12.6 Å². The van der Waals surface area contributed by atoms with Crippen LogP contribution in [-0.4, -0.2) is 39.6 Å². The van der Waals surface area contributed by atoms with Gasteiger partial charge in [0.2, 0.25) is 5.91 Å². The molecule has 1 saturated heterocycles. The van der Waals surface area contributed by atoms with E-state index in [4.69, 9.17) is 0 Å². The van der Waals surface area contributed by atoms with Crippen LogP contribution in [0.1, 0.15) is 12.8 Å². The second-order valence-corrected chi connectivity index (χ2v) is 3.94. The minimum Gasteiger partial charge on any atom is -0.772 e. The molecule has 0 radical (unpaired) electrons. The van der Waals surface area contributed by atoms with Gasteiger partial charge in [0.25, 0.3) is 0 Å². The Hall–Kier alpha value is -0.460. The predicted molar refractivity (Wildman–Crippen MR) is 47.8 cm³/mol. The monoisotopic (exact) mass is 205 g/mol. The maximum absolute atomic E-state index is 10.9. The van der Waals surface area contributed by atoms with Crippen LogP contribution in [0.3, 0.4) is 0 Å². The first-order chi connectivity index (χ1) is 6.18. The van der Waals surface area contributed by atoms with Crippen molar-refractivity contribution in [3.05, 3.63) is 0 Å². The first kappa shape index (κ1) is 10.6. The molecule has 0 aromatic heterocycles. The van der Waals surface area contributed by atoms with Gasteiger partial charge in [0.05, 0.1) is 5.75 Å². The highest BCUT2D eigenvalue weighted by molar-refractivity contribution is 7.79. The van der Waals surface area contributed by atoms with Crippen LogP contribution < -0.4 is 10.6 Å². The van der Waals surface area contributed by atoms with Crippen molar-refractivity contribution in [2.75, 3.05) is 18.8 Å².